The molecule has 0 atom stereocenters. The van der Waals surface area contributed by atoms with Gasteiger partial charge in [0.25, 0.3) is 5.56 Å². The molecule has 0 radical (unpaired) electrons. The monoisotopic (exact) mass is 448 g/mol. The normalized spacial score (nSPS) is 11.3. The number of benzene rings is 2. The van der Waals surface area contributed by atoms with Gasteiger partial charge in [-0.15, -0.1) is 0 Å². The first kappa shape index (κ1) is 19.9. The number of halogens is 3. The van der Waals surface area contributed by atoms with Crippen molar-refractivity contribution in [3.63, 3.8) is 0 Å². The van der Waals surface area contributed by atoms with Crippen LogP contribution in [0, 0.1) is 5.82 Å². The smallest absolute Gasteiger partial charge is 0.262 e. The Balaban J connectivity index is 1.69. The number of hydrogen-bond acceptors (Lipinski definition) is 4. The van der Waals surface area contributed by atoms with Crippen LogP contribution in [-0.4, -0.2) is 19.3 Å². The van der Waals surface area contributed by atoms with E-state index in [1.807, 2.05) is 6.07 Å². The molecule has 0 N–H and O–H groups in total. The van der Waals surface area contributed by atoms with Crippen LogP contribution < -0.4 is 5.56 Å². The van der Waals surface area contributed by atoms with E-state index in [1.54, 1.807) is 52.0 Å². The number of rotatable bonds is 6. The van der Waals surface area contributed by atoms with E-state index >= 15 is 0 Å². The predicted molar refractivity (Wildman–Crippen MR) is 114 cm³/mol. The third-order valence-corrected chi connectivity index (χ3v) is 5.94. The Bertz CT molecular complexity index is 1220. The average molecular weight is 449 g/mol. The molecule has 4 aromatic rings. The lowest BCUT2D eigenvalue weighted by molar-refractivity contribution is 0.492. The van der Waals surface area contributed by atoms with Gasteiger partial charge in [-0.3, -0.25) is 14.0 Å². The molecule has 0 aliphatic carbocycles. The minimum Gasteiger partial charge on any atom is -0.285 e. The highest BCUT2D eigenvalue weighted by Crippen LogP contribution is 2.28. The van der Waals surface area contributed by atoms with Crippen molar-refractivity contribution < 1.29 is 4.39 Å². The van der Waals surface area contributed by atoms with Crippen LogP contribution in [-0.2, 0) is 18.8 Å². The molecule has 0 bridgehead atoms. The van der Waals surface area contributed by atoms with Crippen LogP contribution in [0.1, 0.15) is 5.56 Å². The van der Waals surface area contributed by atoms with Gasteiger partial charge in [0.05, 0.1) is 28.7 Å². The van der Waals surface area contributed by atoms with E-state index in [0.29, 0.717) is 44.8 Å². The van der Waals surface area contributed by atoms with Gasteiger partial charge in [0, 0.05) is 29.1 Å². The summed E-state index contributed by atoms with van der Waals surface area (Å²) in [7, 11) is 0. The summed E-state index contributed by atoms with van der Waals surface area (Å²) in [5.41, 5.74) is 0.820. The van der Waals surface area contributed by atoms with Gasteiger partial charge in [0.15, 0.2) is 5.16 Å². The molecule has 0 saturated carbocycles. The second-order valence-corrected chi connectivity index (χ2v) is 8.06. The van der Waals surface area contributed by atoms with Crippen molar-refractivity contribution in [3.05, 3.63) is 86.6 Å². The van der Waals surface area contributed by atoms with Crippen molar-refractivity contribution in [2.75, 3.05) is 0 Å². The molecular formula is C20H15Cl2FN4OS. The van der Waals surface area contributed by atoms with Gasteiger partial charge < -0.3 is 0 Å². The lowest BCUT2D eigenvalue weighted by atomic mass is 10.2. The zero-order valence-corrected chi connectivity index (χ0v) is 17.4. The Morgan fingerprint density at radius 1 is 1.07 bits per heavy atom. The standard InChI is InChI=1S/C20H15Cl2FN4OS/c21-13-10-24-26(11-13)8-9-27-19(28)14-4-1-2-7-18(14)25-20(27)29-12-15-16(22)5-3-6-17(15)23/h1-7,10-11H,8-9,12H2. The molecule has 0 saturated heterocycles. The van der Waals surface area contributed by atoms with E-state index < -0.39 is 0 Å². The summed E-state index contributed by atoms with van der Waals surface area (Å²) >= 11 is 13.3. The number of aryl methyl sites for hydroxylation is 1. The molecule has 2 heterocycles. The number of para-hydroxylation sites is 1. The maximum absolute atomic E-state index is 14.1. The first-order valence-electron chi connectivity index (χ1n) is 8.76. The molecule has 0 amide bonds. The quantitative estimate of drug-likeness (QED) is 0.306. The van der Waals surface area contributed by atoms with E-state index in [0.717, 1.165) is 0 Å². The van der Waals surface area contributed by atoms with Crippen LogP contribution in [0.2, 0.25) is 10.0 Å². The van der Waals surface area contributed by atoms with Gasteiger partial charge in [-0.25, -0.2) is 9.37 Å². The number of thioether (sulfide) groups is 1. The maximum Gasteiger partial charge on any atom is 0.262 e. The lowest BCUT2D eigenvalue weighted by Gasteiger charge is -2.14. The third kappa shape index (κ3) is 4.32. The number of fused-ring (bicyclic) bond motifs is 1. The zero-order valence-electron chi connectivity index (χ0n) is 15.1. The molecule has 2 aromatic carbocycles. The van der Waals surface area contributed by atoms with Crippen molar-refractivity contribution in [2.24, 2.45) is 0 Å². The fraction of sp³-hybridized carbons (Fsp3) is 0.150. The summed E-state index contributed by atoms with van der Waals surface area (Å²) in [6.45, 7) is 0.794. The van der Waals surface area contributed by atoms with Crippen molar-refractivity contribution in [3.8, 4) is 0 Å². The molecule has 0 fully saturated rings. The Hall–Kier alpha value is -2.35. The summed E-state index contributed by atoms with van der Waals surface area (Å²) in [6.07, 6.45) is 3.23. The molecule has 0 spiro atoms. The second kappa shape index (κ2) is 8.57. The van der Waals surface area contributed by atoms with Gasteiger partial charge >= 0.3 is 0 Å². The molecule has 29 heavy (non-hydrogen) atoms. The highest BCUT2D eigenvalue weighted by atomic mass is 35.5. The summed E-state index contributed by atoms with van der Waals surface area (Å²) < 4.78 is 17.4. The number of hydrogen-bond donors (Lipinski definition) is 0. The Morgan fingerprint density at radius 3 is 2.66 bits per heavy atom. The Labute approximate surface area is 180 Å². The van der Waals surface area contributed by atoms with Crippen molar-refractivity contribution >= 4 is 45.9 Å². The number of aromatic nitrogens is 4. The summed E-state index contributed by atoms with van der Waals surface area (Å²) in [5, 5.41) is 6.03. The van der Waals surface area contributed by atoms with Crippen molar-refractivity contribution in [2.45, 2.75) is 24.0 Å². The van der Waals surface area contributed by atoms with E-state index in [4.69, 9.17) is 23.2 Å². The van der Waals surface area contributed by atoms with Crippen LogP contribution in [0.3, 0.4) is 0 Å². The zero-order chi connectivity index (χ0) is 20.4. The minimum atomic E-state index is -0.383. The van der Waals surface area contributed by atoms with Gasteiger partial charge in [-0.1, -0.05) is 53.2 Å². The molecular weight excluding hydrogens is 434 g/mol. The van der Waals surface area contributed by atoms with Crippen molar-refractivity contribution in [1.29, 1.82) is 0 Å². The maximum atomic E-state index is 14.1. The second-order valence-electron chi connectivity index (χ2n) is 6.28. The molecule has 5 nitrogen and oxygen atoms in total. The van der Waals surface area contributed by atoms with Gasteiger partial charge in [-0.2, -0.15) is 5.10 Å². The first-order chi connectivity index (χ1) is 14.0. The van der Waals surface area contributed by atoms with Crippen LogP contribution in [0.4, 0.5) is 4.39 Å². The Morgan fingerprint density at radius 2 is 1.90 bits per heavy atom. The Kier molecular flexibility index (Phi) is 5.89. The summed E-state index contributed by atoms with van der Waals surface area (Å²) in [5.74, 6) is -0.130. The average Bonchev–Trinajstić information content (AvgIpc) is 3.12. The first-order valence-corrected chi connectivity index (χ1v) is 10.5. The largest absolute Gasteiger partial charge is 0.285 e. The van der Waals surface area contributed by atoms with Crippen LogP contribution in [0.5, 0.6) is 0 Å². The topological polar surface area (TPSA) is 52.7 Å². The van der Waals surface area contributed by atoms with Crippen molar-refractivity contribution in [1.82, 2.24) is 19.3 Å². The van der Waals surface area contributed by atoms with E-state index in [1.165, 1.54) is 17.8 Å². The summed E-state index contributed by atoms with van der Waals surface area (Å²) in [6, 6.07) is 11.7. The number of nitrogens with zero attached hydrogens (tertiary/aromatic N) is 4. The SMILES string of the molecule is O=c1c2ccccc2nc(SCc2c(F)cccc2Cl)n1CCn1cc(Cl)cn1. The summed E-state index contributed by atoms with van der Waals surface area (Å²) in [4.78, 5) is 17.7. The highest BCUT2D eigenvalue weighted by Gasteiger charge is 2.14. The van der Waals surface area contributed by atoms with Crippen LogP contribution in [0.25, 0.3) is 10.9 Å². The van der Waals surface area contributed by atoms with Crippen LogP contribution >= 0.6 is 35.0 Å². The fourth-order valence-corrected chi connectivity index (χ4v) is 4.45. The molecule has 9 heteroatoms. The molecule has 0 aliphatic rings. The van der Waals surface area contributed by atoms with Crippen LogP contribution in [0.15, 0.2) is 64.8 Å². The van der Waals surface area contributed by atoms with E-state index in [2.05, 4.69) is 10.1 Å². The van der Waals surface area contributed by atoms with Gasteiger partial charge in [0.2, 0.25) is 0 Å². The van der Waals surface area contributed by atoms with E-state index in [-0.39, 0.29) is 17.1 Å². The highest BCUT2D eigenvalue weighted by molar-refractivity contribution is 7.98. The fourth-order valence-electron chi connectivity index (χ4n) is 2.93. The van der Waals surface area contributed by atoms with Gasteiger partial charge in [0.1, 0.15) is 5.82 Å². The molecule has 0 aliphatic heterocycles. The molecule has 4 rings (SSSR count). The van der Waals surface area contributed by atoms with E-state index in [9.17, 15) is 9.18 Å². The minimum absolute atomic E-state index is 0.156. The van der Waals surface area contributed by atoms with Gasteiger partial charge in [-0.05, 0) is 24.3 Å². The molecule has 0 unspecified atom stereocenters. The third-order valence-electron chi connectivity index (χ3n) is 4.39. The predicted octanol–water partition coefficient (Wildman–Crippen LogP) is 5.03. The molecule has 2 aromatic heterocycles. The molecule has 148 valence electrons. The lowest BCUT2D eigenvalue weighted by Crippen LogP contribution is -2.25.